The molecular weight excluding hydrogens is 358 g/mol. The van der Waals surface area contributed by atoms with Crippen LogP contribution in [-0.4, -0.2) is 20.5 Å². The summed E-state index contributed by atoms with van der Waals surface area (Å²) in [5, 5.41) is 5.14. The first-order chi connectivity index (χ1) is 8.66. The highest BCUT2D eigenvalue weighted by molar-refractivity contribution is 9.10. The van der Waals surface area contributed by atoms with Crippen molar-refractivity contribution in [1.82, 2.24) is 0 Å². The summed E-state index contributed by atoms with van der Waals surface area (Å²) in [5.41, 5.74) is -0.0332. The minimum absolute atomic E-state index is 0.0332. The molecule has 2 N–H and O–H groups in total. The molecule has 0 bridgehead atoms. The second kappa shape index (κ2) is 6.21. The fourth-order valence-electron chi connectivity index (χ4n) is 1.23. The van der Waals surface area contributed by atoms with Crippen molar-refractivity contribution in [2.24, 2.45) is 5.14 Å². The Morgan fingerprint density at radius 2 is 2.11 bits per heavy atom. The van der Waals surface area contributed by atoms with Crippen LogP contribution in [0.2, 0.25) is 5.02 Å². The van der Waals surface area contributed by atoms with Crippen LogP contribution in [0.3, 0.4) is 0 Å². The van der Waals surface area contributed by atoms with Gasteiger partial charge in [-0.15, -0.1) is 0 Å². The summed E-state index contributed by atoms with van der Waals surface area (Å²) in [6, 6.07) is 2.40. The lowest BCUT2D eigenvalue weighted by Crippen LogP contribution is -2.17. The van der Waals surface area contributed by atoms with Gasteiger partial charge in [-0.3, -0.25) is 0 Å². The van der Waals surface area contributed by atoms with E-state index in [1.807, 2.05) is 6.92 Å². The number of nitrogens with two attached hydrogens (primary N) is 1. The highest BCUT2D eigenvalue weighted by Crippen LogP contribution is 2.29. The van der Waals surface area contributed by atoms with E-state index in [-0.39, 0.29) is 26.1 Å². The number of esters is 1. The maximum absolute atomic E-state index is 11.9. The van der Waals surface area contributed by atoms with Gasteiger partial charge in [0, 0.05) is 4.47 Å². The van der Waals surface area contributed by atoms with Crippen molar-refractivity contribution in [1.29, 1.82) is 0 Å². The lowest BCUT2D eigenvalue weighted by molar-refractivity contribution is 0.0334. The average molecular weight is 371 g/mol. The summed E-state index contributed by atoms with van der Waals surface area (Å²) in [5.74, 6) is -0.684. The molecule has 1 unspecified atom stereocenters. The molecule has 0 heterocycles. The number of primary sulfonamides is 1. The monoisotopic (exact) mass is 369 g/mol. The molecule has 0 radical (unpaired) electrons. The molecule has 0 spiro atoms. The van der Waals surface area contributed by atoms with Gasteiger partial charge in [0.2, 0.25) is 10.0 Å². The molecule has 0 saturated carbocycles. The molecule has 0 aliphatic rings. The fraction of sp³-hybridized carbons (Fsp3) is 0.364. The van der Waals surface area contributed by atoms with E-state index in [0.29, 0.717) is 6.42 Å². The molecular formula is C11H13BrClNO4S. The van der Waals surface area contributed by atoms with E-state index in [4.69, 9.17) is 21.5 Å². The number of hydrogen-bond donors (Lipinski definition) is 1. The molecule has 0 fully saturated rings. The Hall–Kier alpha value is -0.630. The first kappa shape index (κ1) is 16.4. The lowest BCUT2D eigenvalue weighted by atomic mass is 10.2. The molecule has 1 atom stereocenters. The maximum Gasteiger partial charge on any atom is 0.339 e. The van der Waals surface area contributed by atoms with Crippen molar-refractivity contribution in [2.75, 3.05) is 0 Å². The summed E-state index contributed by atoms with van der Waals surface area (Å²) in [6.07, 6.45) is 0.354. The van der Waals surface area contributed by atoms with Gasteiger partial charge in [0.05, 0.1) is 21.6 Å². The number of hydrogen-bond acceptors (Lipinski definition) is 4. The second-order valence-corrected chi connectivity index (χ2v) is 6.72. The predicted octanol–water partition coefficient (Wildman–Crippen LogP) is 2.71. The number of ether oxygens (including phenoxy) is 1. The van der Waals surface area contributed by atoms with Crippen LogP contribution in [0.4, 0.5) is 0 Å². The smallest absolute Gasteiger partial charge is 0.339 e. The zero-order valence-corrected chi connectivity index (χ0v) is 13.5. The molecule has 19 heavy (non-hydrogen) atoms. The normalized spacial score (nSPS) is 13.1. The van der Waals surface area contributed by atoms with Crippen molar-refractivity contribution in [3.8, 4) is 0 Å². The van der Waals surface area contributed by atoms with Crippen molar-refractivity contribution in [3.63, 3.8) is 0 Å². The van der Waals surface area contributed by atoms with Gasteiger partial charge in [-0.25, -0.2) is 18.4 Å². The van der Waals surface area contributed by atoms with E-state index in [2.05, 4.69) is 15.9 Å². The first-order valence-corrected chi connectivity index (χ1v) is 8.11. The van der Waals surface area contributed by atoms with Crippen LogP contribution < -0.4 is 5.14 Å². The number of carbonyl (C=O) groups is 1. The van der Waals surface area contributed by atoms with Gasteiger partial charge in [0.1, 0.15) is 0 Å². The Morgan fingerprint density at radius 1 is 1.53 bits per heavy atom. The maximum atomic E-state index is 11.9. The number of rotatable bonds is 4. The molecule has 0 aromatic heterocycles. The SMILES string of the molecule is CCC(C)OC(=O)c1cc(S(N)(=O)=O)c(Br)cc1Cl. The minimum Gasteiger partial charge on any atom is -0.459 e. The van der Waals surface area contributed by atoms with Crippen LogP contribution in [0.25, 0.3) is 0 Å². The minimum atomic E-state index is -3.95. The Kier molecular flexibility index (Phi) is 5.37. The van der Waals surface area contributed by atoms with Gasteiger partial charge in [0.25, 0.3) is 0 Å². The van der Waals surface area contributed by atoms with Crippen LogP contribution in [0, 0.1) is 0 Å². The summed E-state index contributed by atoms with van der Waals surface area (Å²) < 4.78 is 28.0. The zero-order chi connectivity index (χ0) is 14.8. The Labute approximate surface area is 125 Å². The van der Waals surface area contributed by atoms with Gasteiger partial charge in [-0.1, -0.05) is 18.5 Å². The van der Waals surface area contributed by atoms with Gasteiger partial charge in [-0.2, -0.15) is 0 Å². The van der Waals surface area contributed by atoms with Crippen molar-refractivity contribution < 1.29 is 17.9 Å². The fourth-order valence-corrected chi connectivity index (χ4v) is 3.24. The van der Waals surface area contributed by atoms with E-state index in [1.54, 1.807) is 6.92 Å². The van der Waals surface area contributed by atoms with Crippen molar-refractivity contribution >= 4 is 43.5 Å². The van der Waals surface area contributed by atoms with Gasteiger partial charge in [0.15, 0.2) is 0 Å². The Balaban J connectivity index is 3.26. The molecule has 8 heteroatoms. The highest BCUT2D eigenvalue weighted by Gasteiger charge is 2.21. The van der Waals surface area contributed by atoms with Gasteiger partial charge < -0.3 is 4.74 Å². The van der Waals surface area contributed by atoms with E-state index < -0.39 is 16.0 Å². The quantitative estimate of drug-likeness (QED) is 0.826. The van der Waals surface area contributed by atoms with Crippen LogP contribution >= 0.6 is 27.5 Å². The molecule has 106 valence electrons. The first-order valence-electron chi connectivity index (χ1n) is 5.39. The third kappa shape index (κ3) is 4.17. The molecule has 0 saturated heterocycles. The molecule has 5 nitrogen and oxygen atoms in total. The van der Waals surface area contributed by atoms with Crippen LogP contribution in [0.1, 0.15) is 30.6 Å². The highest BCUT2D eigenvalue weighted by atomic mass is 79.9. The van der Waals surface area contributed by atoms with Crippen molar-refractivity contribution in [2.45, 2.75) is 31.3 Å². The lowest BCUT2D eigenvalue weighted by Gasteiger charge is -2.13. The van der Waals surface area contributed by atoms with Crippen LogP contribution in [0.15, 0.2) is 21.5 Å². The van der Waals surface area contributed by atoms with E-state index in [1.165, 1.54) is 6.07 Å². The number of sulfonamides is 1. The zero-order valence-electron chi connectivity index (χ0n) is 10.3. The molecule has 1 aromatic carbocycles. The topological polar surface area (TPSA) is 86.5 Å². The summed E-state index contributed by atoms with van der Waals surface area (Å²) >= 11 is 8.94. The molecule has 0 amide bonds. The third-order valence-electron chi connectivity index (χ3n) is 2.43. The number of halogens is 2. The van der Waals surface area contributed by atoms with E-state index in [0.717, 1.165) is 6.07 Å². The predicted molar refractivity (Wildman–Crippen MR) is 75.7 cm³/mol. The standard InChI is InChI=1S/C11H13BrClNO4S/c1-3-6(2)18-11(15)7-4-10(19(14,16)17)8(12)5-9(7)13/h4-6H,3H2,1-2H3,(H2,14,16,17). The Morgan fingerprint density at radius 3 is 2.58 bits per heavy atom. The van der Waals surface area contributed by atoms with E-state index in [9.17, 15) is 13.2 Å². The third-order valence-corrected chi connectivity index (χ3v) is 4.61. The van der Waals surface area contributed by atoms with E-state index >= 15 is 0 Å². The van der Waals surface area contributed by atoms with Gasteiger partial charge >= 0.3 is 5.97 Å². The van der Waals surface area contributed by atoms with Crippen LogP contribution in [0.5, 0.6) is 0 Å². The van der Waals surface area contributed by atoms with Crippen molar-refractivity contribution in [3.05, 3.63) is 27.2 Å². The number of benzene rings is 1. The molecule has 1 rings (SSSR count). The largest absolute Gasteiger partial charge is 0.459 e. The summed E-state index contributed by atoms with van der Waals surface area (Å²) in [6.45, 7) is 3.59. The number of carbonyl (C=O) groups excluding carboxylic acids is 1. The summed E-state index contributed by atoms with van der Waals surface area (Å²) in [4.78, 5) is 11.7. The molecule has 0 aliphatic heterocycles. The second-order valence-electron chi connectivity index (χ2n) is 3.93. The van der Waals surface area contributed by atoms with Gasteiger partial charge in [-0.05, 0) is 41.4 Å². The van der Waals surface area contributed by atoms with Crippen LogP contribution in [-0.2, 0) is 14.8 Å². The summed E-state index contributed by atoms with van der Waals surface area (Å²) in [7, 11) is -3.95. The Bertz CT molecular complexity index is 603. The molecule has 0 aliphatic carbocycles. The average Bonchev–Trinajstić information content (AvgIpc) is 2.26. The molecule has 1 aromatic rings.